The highest BCUT2D eigenvalue weighted by molar-refractivity contribution is 5.66. The molecule has 2 rings (SSSR count). The summed E-state index contributed by atoms with van der Waals surface area (Å²) >= 11 is 0. The van der Waals surface area contributed by atoms with Crippen LogP contribution in [0.1, 0.15) is 33.6 Å². The predicted octanol–water partition coefficient (Wildman–Crippen LogP) is 2.83. The first-order valence-electron chi connectivity index (χ1n) is 7.08. The Bertz CT molecular complexity index is 448. The first-order valence-corrected chi connectivity index (χ1v) is 7.08. The molecule has 0 spiro atoms. The molecule has 1 aromatic heterocycles. The van der Waals surface area contributed by atoms with Crippen LogP contribution in [-0.4, -0.2) is 45.8 Å². The van der Waals surface area contributed by atoms with Gasteiger partial charge < -0.3 is 14.9 Å². The molecule has 0 unspecified atom stereocenters. The summed E-state index contributed by atoms with van der Waals surface area (Å²) in [5.74, 6) is 0.976. The smallest absolute Gasteiger partial charge is 0.407 e. The fourth-order valence-electron chi connectivity index (χ4n) is 2.88. The van der Waals surface area contributed by atoms with Crippen molar-refractivity contribution in [3.63, 3.8) is 0 Å². The van der Waals surface area contributed by atoms with Crippen LogP contribution < -0.4 is 4.90 Å². The van der Waals surface area contributed by atoms with Gasteiger partial charge in [-0.25, -0.2) is 9.78 Å². The zero-order valence-electron chi connectivity index (χ0n) is 12.4. The van der Waals surface area contributed by atoms with Gasteiger partial charge in [0, 0.05) is 30.9 Å². The van der Waals surface area contributed by atoms with Gasteiger partial charge in [0.05, 0.1) is 0 Å². The molecule has 1 aliphatic rings. The van der Waals surface area contributed by atoms with E-state index in [1.807, 2.05) is 39.0 Å². The molecule has 5 heteroatoms. The summed E-state index contributed by atoms with van der Waals surface area (Å²) in [7, 11) is 0. The van der Waals surface area contributed by atoms with Gasteiger partial charge in [-0.15, -0.1) is 0 Å². The standard InChI is InChI=1S/C15H23N3O2/c1-15(2,3)18(14(19)20)12-7-10-17(11-8-12)13-6-4-5-9-16-13/h4-6,9,12H,7-8,10-11H2,1-3H3,(H,19,20). The van der Waals surface area contributed by atoms with Crippen LogP contribution in [0.3, 0.4) is 0 Å². The van der Waals surface area contributed by atoms with Crippen molar-refractivity contribution in [1.82, 2.24) is 9.88 Å². The number of carboxylic acid groups (broad SMARTS) is 1. The maximum absolute atomic E-state index is 11.5. The number of carbonyl (C=O) groups is 1. The van der Waals surface area contributed by atoms with E-state index in [2.05, 4.69) is 9.88 Å². The molecule has 5 nitrogen and oxygen atoms in total. The zero-order chi connectivity index (χ0) is 14.8. The lowest BCUT2D eigenvalue weighted by Crippen LogP contribution is -2.54. The predicted molar refractivity (Wildman–Crippen MR) is 79.1 cm³/mol. The molecule has 1 N–H and O–H groups in total. The molecule has 1 amide bonds. The van der Waals surface area contributed by atoms with E-state index < -0.39 is 6.09 Å². The van der Waals surface area contributed by atoms with E-state index >= 15 is 0 Å². The number of hydrogen-bond acceptors (Lipinski definition) is 3. The van der Waals surface area contributed by atoms with E-state index in [4.69, 9.17) is 0 Å². The Kier molecular flexibility index (Phi) is 4.16. The Morgan fingerprint density at radius 1 is 1.35 bits per heavy atom. The average Bonchev–Trinajstić information content (AvgIpc) is 2.38. The van der Waals surface area contributed by atoms with E-state index in [9.17, 15) is 9.90 Å². The van der Waals surface area contributed by atoms with Crippen molar-refractivity contribution in [3.8, 4) is 0 Å². The number of rotatable bonds is 2. The highest BCUT2D eigenvalue weighted by Gasteiger charge is 2.35. The molecule has 1 aromatic rings. The maximum atomic E-state index is 11.5. The van der Waals surface area contributed by atoms with Crippen molar-refractivity contribution in [2.24, 2.45) is 0 Å². The number of aromatic nitrogens is 1. The van der Waals surface area contributed by atoms with Crippen LogP contribution >= 0.6 is 0 Å². The second-order valence-corrected chi connectivity index (χ2v) is 6.23. The lowest BCUT2D eigenvalue weighted by Gasteiger charge is -2.43. The van der Waals surface area contributed by atoms with Crippen molar-refractivity contribution in [2.75, 3.05) is 18.0 Å². The Labute approximate surface area is 120 Å². The van der Waals surface area contributed by atoms with E-state index in [0.29, 0.717) is 0 Å². The Balaban J connectivity index is 2.02. The Morgan fingerprint density at radius 2 is 2.00 bits per heavy atom. The van der Waals surface area contributed by atoms with Crippen LogP contribution in [-0.2, 0) is 0 Å². The van der Waals surface area contributed by atoms with Gasteiger partial charge in [-0.05, 0) is 45.7 Å². The van der Waals surface area contributed by atoms with Crippen LogP contribution in [0.25, 0.3) is 0 Å². The van der Waals surface area contributed by atoms with Gasteiger partial charge in [0.25, 0.3) is 0 Å². The van der Waals surface area contributed by atoms with Gasteiger partial charge in [0.15, 0.2) is 0 Å². The zero-order valence-corrected chi connectivity index (χ0v) is 12.4. The van der Waals surface area contributed by atoms with Crippen molar-refractivity contribution >= 4 is 11.9 Å². The minimum absolute atomic E-state index is 0.0902. The minimum atomic E-state index is -0.825. The molecule has 2 heterocycles. The van der Waals surface area contributed by atoms with E-state index in [0.717, 1.165) is 31.7 Å². The quantitative estimate of drug-likeness (QED) is 0.903. The third-order valence-corrected chi connectivity index (χ3v) is 3.73. The molecular weight excluding hydrogens is 254 g/mol. The van der Waals surface area contributed by atoms with Crippen LogP contribution in [0.4, 0.5) is 10.6 Å². The lowest BCUT2D eigenvalue weighted by molar-refractivity contribution is 0.0616. The third-order valence-electron chi connectivity index (χ3n) is 3.73. The Morgan fingerprint density at radius 3 is 2.45 bits per heavy atom. The van der Waals surface area contributed by atoms with Crippen LogP contribution in [0.2, 0.25) is 0 Å². The van der Waals surface area contributed by atoms with E-state index in [1.54, 1.807) is 11.1 Å². The minimum Gasteiger partial charge on any atom is -0.465 e. The molecule has 110 valence electrons. The van der Waals surface area contributed by atoms with Crippen LogP contribution in [0.15, 0.2) is 24.4 Å². The molecular formula is C15H23N3O2. The number of pyridine rings is 1. The fraction of sp³-hybridized carbons (Fsp3) is 0.600. The molecule has 20 heavy (non-hydrogen) atoms. The fourth-order valence-corrected chi connectivity index (χ4v) is 2.88. The summed E-state index contributed by atoms with van der Waals surface area (Å²) < 4.78 is 0. The summed E-state index contributed by atoms with van der Waals surface area (Å²) in [6.45, 7) is 7.55. The first kappa shape index (κ1) is 14.6. The van der Waals surface area contributed by atoms with Crippen molar-refractivity contribution in [3.05, 3.63) is 24.4 Å². The van der Waals surface area contributed by atoms with Gasteiger partial charge in [0.2, 0.25) is 0 Å². The number of nitrogens with zero attached hydrogens (tertiary/aromatic N) is 3. The number of anilines is 1. The molecule has 1 saturated heterocycles. The van der Waals surface area contributed by atoms with Crippen molar-refractivity contribution in [2.45, 2.75) is 45.2 Å². The molecule has 0 aromatic carbocycles. The number of hydrogen-bond donors (Lipinski definition) is 1. The highest BCUT2D eigenvalue weighted by Crippen LogP contribution is 2.26. The molecule has 0 aliphatic carbocycles. The SMILES string of the molecule is CC(C)(C)N(C(=O)O)C1CCN(c2ccccn2)CC1. The first-order chi connectivity index (χ1) is 9.39. The second kappa shape index (κ2) is 5.69. The largest absolute Gasteiger partial charge is 0.465 e. The molecule has 0 radical (unpaired) electrons. The van der Waals surface area contributed by atoms with Gasteiger partial charge in [-0.2, -0.15) is 0 Å². The summed E-state index contributed by atoms with van der Waals surface area (Å²) in [5, 5.41) is 9.44. The van der Waals surface area contributed by atoms with Gasteiger partial charge >= 0.3 is 6.09 Å². The summed E-state index contributed by atoms with van der Waals surface area (Å²) in [6.07, 6.45) is 2.66. The van der Waals surface area contributed by atoms with E-state index in [-0.39, 0.29) is 11.6 Å². The normalized spacial score (nSPS) is 17.1. The summed E-state index contributed by atoms with van der Waals surface area (Å²) in [5.41, 5.74) is -0.357. The average molecular weight is 277 g/mol. The molecule has 0 atom stereocenters. The maximum Gasteiger partial charge on any atom is 0.407 e. The topological polar surface area (TPSA) is 56.7 Å². The third kappa shape index (κ3) is 3.21. The van der Waals surface area contributed by atoms with Crippen LogP contribution in [0.5, 0.6) is 0 Å². The number of piperidine rings is 1. The van der Waals surface area contributed by atoms with Crippen LogP contribution in [0, 0.1) is 0 Å². The summed E-state index contributed by atoms with van der Waals surface area (Å²) in [6, 6.07) is 5.97. The van der Waals surface area contributed by atoms with Crippen molar-refractivity contribution < 1.29 is 9.90 Å². The van der Waals surface area contributed by atoms with Gasteiger partial charge in [-0.1, -0.05) is 6.07 Å². The molecule has 0 saturated carbocycles. The Hall–Kier alpha value is -1.78. The van der Waals surface area contributed by atoms with Gasteiger partial charge in [-0.3, -0.25) is 0 Å². The van der Waals surface area contributed by atoms with Crippen molar-refractivity contribution in [1.29, 1.82) is 0 Å². The van der Waals surface area contributed by atoms with Gasteiger partial charge in [0.1, 0.15) is 5.82 Å². The molecule has 0 bridgehead atoms. The van der Waals surface area contributed by atoms with E-state index in [1.165, 1.54) is 0 Å². The monoisotopic (exact) mass is 277 g/mol. The lowest BCUT2D eigenvalue weighted by atomic mass is 9.97. The highest BCUT2D eigenvalue weighted by atomic mass is 16.4. The number of amides is 1. The molecule has 1 fully saturated rings. The summed E-state index contributed by atoms with van der Waals surface area (Å²) in [4.78, 5) is 19.7. The molecule has 1 aliphatic heterocycles. The second-order valence-electron chi connectivity index (χ2n) is 6.23.